The number of hydrogen-bond donors (Lipinski definition) is 0. The van der Waals surface area contributed by atoms with Crippen molar-refractivity contribution in [2.45, 2.75) is 13.8 Å². The van der Waals surface area contributed by atoms with Crippen molar-refractivity contribution in [2.24, 2.45) is 0 Å². The number of para-hydroxylation sites is 1. The predicted molar refractivity (Wildman–Crippen MR) is 79.1 cm³/mol. The molecule has 0 fully saturated rings. The molecule has 0 aliphatic heterocycles. The number of methoxy groups -OCH3 is 1. The largest absolute Gasteiger partial charge is 0.496 e. The Balaban J connectivity index is 2.07. The normalized spacial score (nSPS) is 10.8. The summed E-state index contributed by atoms with van der Waals surface area (Å²) in [6.45, 7) is 3.82. The summed E-state index contributed by atoms with van der Waals surface area (Å²) < 4.78 is 10.6. The molecule has 0 N–H and O–H groups in total. The molecular weight excluding hydrogens is 272 g/mol. The van der Waals surface area contributed by atoms with Gasteiger partial charge in [-0.05, 0) is 26.0 Å². The summed E-state index contributed by atoms with van der Waals surface area (Å²) in [4.78, 5) is 4.69. The van der Waals surface area contributed by atoms with Gasteiger partial charge in [-0.1, -0.05) is 17.3 Å². The van der Waals surface area contributed by atoms with Gasteiger partial charge in [0.25, 0.3) is 0 Å². The molecule has 20 heavy (non-hydrogen) atoms. The van der Waals surface area contributed by atoms with E-state index in [4.69, 9.17) is 14.2 Å². The highest BCUT2D eigenvalue weighted by molar-refractivity contribution is 7.13. The van der Waals surface area contributed by atoms with Crippen molar-refractivity contribution >= 4 is 11.3 Å². The van der Waals surface area contributed by atoms with Crippen LogP contribution in [0.25, 0.3) is 21.8 Å². The topological polar surface area (TPSA) is 48.2 Å². The number of rotatable bonds is 3. The average molecular weight is 286 g/mol. The van der Waals surface area contributed by atoms with Gasteiger partial charge in [0.2, 0.25) is 0 Å². The van der Waals surface area contributed by atoms with E-state index in [9.17, 15) is 0 Å². The van der Waals surface area contributed by atoms with Gasteiger partial charge in [-0.25, -0.2) is 4.98 Å². The molecule has 2 heterocycles. The monoisotopic (exact) mass is 286 g/mol. The predicted octanol–water partition coefficient (Wildman–Crippen LogP) is 4.09. The number of aryl methyl sites for hydroxylation is 2. The lowest BCUT2D eigenvalue weighted by Gasteiger charge is -2.04. The van der Waals surface area contributed by atoms with E-state index in [0.29, 0.717) is 0 Å². The minimum absolute atomic E-state index is 0.791. The van der Waals surface area contributed by atoms with Gasteiger partial charge in [0, 0.05) is 5.38 Å². The molecule has 0 saturated heterocycles. The van der Waals surface area contributed by atoms with E-state index in [0.717, 1.165) is 39.0 Å². The van der Waals surface area contributed by atoms with Crippen LogP contribution in [-0.2, 0) is 0 Å². The van der Waals surface area contributed by atoms with Gasteiger partial charge in [0.1, 0.15) is 16.5 Å². The van der Waals surface area contributed by atoms with Crippen LogP contribution in [0, 0.1) is 13.8 Å². The molecule has 0 atom stereocenters. The lowest BCUT2D eigenvalue weighted by molar-refractivity contribution is 0.393. The van der Waals surface area contributed by atoms with Crippen molar-refractivity contribution in [3.05, 3.63) is 41.1 Å². The maximum Gasteiger partial charge on any atom is 0.143 e. The molecule has 102 valence electrons. The summed E-state index contributed by atoms with van der Waals surface area (Å²) in [5.74, 6) is 1.62. The summed E-state index contributed by atoms with van der Waals surface area (Å²) in [6.07, 6.45) is 0. The minimum Gasteiger partial charge on any atom is -0.496 e. The number of benzene rings is 1. The van der Waals surface area contributed by atoms with Gasteiger partial charge < -0.3 is 9.26 Å². The van der Waals surface area contributed by atoms with E-state index in [2.05, 4.69) is 5.16 Å². The minimum atomic E-state index is 0.791. The summed E-state index contributed by atoms with van der Waals surface area (Å²) in [7, 11) is 1.67. The van der Waals surface area contributed by atoms with Crippen LogP contribution in [0.1, 0.15) is 11.5 Å². The molecular formula is C15H14N2O2S. The van der Waals surface area contributed by atoms with E-state index < -0.39 is 0 Å². The molecule has 0 amide bonds. The van der Waals surface area contributed by atoms with Crippen molar-refractivity contribution in [3.63, 3.8) is 0 Å². The maximum atomic E-state index is 5.38. The Morgan fingerprint density at radius 3 is 2.70 bits per heavy atom. The first-order chi connectivity index (χ1) is 9.70. The van der Waals surface area contributed by atoms with Gasteiger partial charge in [-0.2, -0.15) is 0 Å². The van der Waals surface area contributed by atoms with Crippen molar-refractivity contribution in [1.29, 1.82) is 0 Å². The highest BCUT2D eigenvalue weighted by atomic mass is 32.1. The third kappa shape index (κ3) is 2.10. The van der Waals surface area contributed by atoms with Crippen LogP contribution in [0.4, 0.5) is 0 Å². The van der Waals surface area contributed by atoms with Crippen molar-refractivity contribution < 1.29 is 9.26 Å². The summed E-state index contributed by atoms with van der Waals surface area (Å²) >= 11 is 1.59. The highest BCUT2D eigenvalue weighted by Crippen LogP contribution is 2.35. The van der Waals surface area contributed by atoms with Crippen molar-refractivity contribution in [3.8, 4) is 27.6 Å². The number of ether oxygens (including phenoxy) is 1. The summed E-state index contributed by atoms with van der Waals surface area (Å²) in [5.41, 5.74) is 3.73. The zero-order valence-corrected chi connectivity index (χ0v) is 12.3. The molecule has 0 bridgehead atoms. The highest BCUT2D eigenvalue weighted by Gasteiger charge is 2.16. The van der Waals surface area contributed by atoms with Crippen LogP contribution in [0.5, 0.6) is 5.75 Å². The number of nitrogens with zero attached hydrogens (tertiary/aromatic N) is 2. The van der Waals surface area contributed by atoms with Crippen LogP contribution < -0.4 is 4.74 Å². The van der Waals surface area contributed by atoms with E-state index in [1.807, 2.05) is 43.5 Å². The first-order valence-electron chi connectivity index (χ1n) is 6.23. The van der Waals surface area contributed by atoms with Crippen LogP contribution >= 0.6 is 11.3 Å². The number of hydrogen-bond acceptors (Lipinski definition) is 5. The summed E-state index contributed by atoms with van der Waals surface area (Å²) in [6, 6.07) is 7.88. The molecule has 4 nitrogen and oxygen atoms in total. The zero-order valence-electron chi connectivity index (χ0n) is 11.5. The van der Waals surface area contributed by atoms with E-state index in [-0.39, 0.29) is 0 Å². The fourth-order valence-electron chi connectivity index (χ4n) is 2.18. The molecule has 0 aliphatic carbocycles. The third-order valence-corrected chi connectivity index (χ3v) is 4.01. The first-order valence-corrected chi connectivity index (χ1v) is 7.11. The molecule has 5 heteroatoms. The van der Waals surface area contributed by atoms with E-state index in [1.54, 1.807) is 18.4 Å². The molecule has 0 radical (unpaired) electrons. The smallest absolute Gasteiger partial charge is 0.143 e. The standard InChI is InChI=1S/C15H14N2O2S/c1-9-14(10(2)19-17-9)12-8-20-15(16-12)11-6-4-5-7-13(11)18-3/h4-8H,1-3H3. The molecule has 0 saturated carbocycles. The quantitative estimate of drug-likeness (QED) is 0.727. The van der Waals surface area contributed by atoms with Gasteiger partial charge in [0.15, 0.2) is 0 Å². The molecule has 3 rings (SSSR count). The molecule has 3 aromatic rings. The lowest BCUT2D eigenvalue weighted by Crippen LogP contribution is -1.87. The van der Waals surface area contributed by atoms with Crippen LogP contribution in [0.2, 0.25) is 0 Å². The van der Waals surface area contributed by atoms with Gasteiger partial charge >= 0.3 is 0 Å². The SMILES string of the molecule is COc1ccccc1-c1nc(-c2c(C)noc2C)cs1. The lowest BCUT2D eigenvalue weighted by atomic mass is 10.1. The Morgan fingerprint density at radius 2 is 2.00 bits per heavy atom. The van der Waals surface area contributed by atoms with Gasteiger partial charge in [-0.3, -0.25) is 0 Å². The number of aromatic nitrogens is 2. The van der Waals surface area contributed by atoms with E-state index >= 15 is 0 Å². The molecule has 1 aromatic carbocycles. The average Bonchev–Trinajstić information content (AvgIpc) is 3.06. The van der Waals surface area contributed by atoms with Crippen LogP contribution in [0.15, 0.2) is 34.2 Å². The molecule has 0 unspecified atom stereocenters. The second-order valence-electron chi connectivity index (χ2n) is 4.44. The second-order valence-corrected chi connectivity index (χ2v) is 5.30. The Labute approximate surface area is 121 Å². The van der Waals surface area contributed by atoms with Crippen molar-refractivity contribution in [2.75, 3.05) is 7.11 Å². The van der Waals surface area contributed by atoms with Gasteiger partial charge in [-0.15, -0.1) is 11.3 Å². The molecule has 0 aliphatic rings. The van der Waals surface area contributed by atoms with Gasteiger partial charge in [0.05, 0.1) is 29.6 Å². The zero-order chi connectivity index (χ0) is 14.1. The summed E-state index contributed by atoms with van der Waals surface area (Å²) in [5, 5.41) is 6.92. The third-order valence-electron chi connectivity index (χ3n) is 3.13. The van der Waals surface area contributed by atoms with E-state index in [1.165, 1.54) is 0 Å². The Hall–Kier alpha value is -2.14. The Morgan fingerprint density at radius 1 is 1.20 bits per heavy atom. The maximum absolute atomic E-state index is 5.38. The number of thiazole rings is 1. The Kier molecular flexibility index (Phi) is 3.28. The Bertz CT molecular complexity index is 726. The fraction of sp³-hybridized carbons (Fsp3) is 0.200. The fourth-order valence-corrected chi connectivity index (χ4v) is 3.02. The second kappa shape index (κ2) is 5.09. The molecule has 0 spiro atoms. The first kappa shape index (κ1) is 12.9. The van der Waals surface area contributed by atoms with Crippen molar-refractivity contribution in [1.82, 2.24) is 10.1 Å². The molecule has 2 aromatic heterocycles. The van der Waals surface area contributed by atoms with Crippen LogP contribution in [0.3, 0.4) is 0 Å². The van der Waals surface area contributed by atoms with Crippen LogP contribution in [-0.4, -0.2) is 17.3 Å².